The van der Waals surface area contributed by atoms with Gasteiger partial charge in [-0.2, -0.15) is 0 Å². The number of pyridine rings is 1. The van der Waals surface area contributed by atoms with Crippen LogP contribution in [0.2, 0.25) is 0 Å². The molecule has 1 amide bonds. The van der Waals surface area contributed by atoms with Gasteiger partial charge in [-0.1, -0.05) is 30.3 Å². The second kappa shape index (κ2) is 7.79. The van der Waals surface area contributed by atoms with Crippen LogP contribution in [-0.2, 0) is 17.9 Å². The van der Waals surface area contributed by atoms with E-state index in [1.807, 2.05) is 30.3 Å². The molecule has 126 valence electrons. The summed E-state index contributed by atoms with van der Waals surface area (Å²) in [7, 11) is 0. The second-order valence-corrected chi connectivity index (χ2v) is 5.71. The van der Waals surface area contributed by atoms with E-state index in [0.717, 1.165) is 18.7 Å². The van der Waals surface area contributed by atoms with Crippen LogP contribution >= 0.6 is 0 Å². The molecule has 6 heteroatoms. The third-order valence-corrected chi connectivity index (χ3v) is 4.00. The molecule has 3 rings (SSSR count). The van der Waals surface area contributed by atoms with Gasteiger partial charge >= 0.3 is 0 Å². The van der Waals surface area contributed by atoms with Crippen LogP contribution in [-0.4, -0.2) is 41.6 Å². The SMILES string of the molecule is O=C(Cn1cccc(OCc2ccccc2)c1=O)N1CCNCC1. The smallest absolute Gasteiger partial charge is 0.293 e. The standard InChI is InChI=1S/C18H21N3O3/c22-17(20-11-8-19-9-12-20)13-21-10-4-7-16(18(21)23)24-14-15-5-2-1-3-6-15/h1-7,10,19H,8-9,11-14H2. The summed E-state index contributed by atoms with van der Waals surface area (Å²) in [5.41, 5.74) is 0.709. The maximum atomic E-state index is 12.5. The monoisotopic (exact) mass is 327 g/mol. The highest BCUT2D eigenvalue weighted by Gasteiger charge is 2.17. The van der Waals surface area contributed by atoms with E-state index in [2.05, 4.69) is 5.32 Å². The Kier molecular flexibility index (Phi) is 5.28. The van der Waals surface area contributed by atoms with Gasteiger partial charge in [0.05, 0.1) is 0 Å². The fraction of sp³-hybridized carbons (Fsp3) is 0.333. The third kappa shape index (κ3) is 4.02. The van der Waals surface area contributed by atoms with E-state index in [1.165, 1.54) is 4.57 Å². The number of aromatic nitrogens is 1. The summed E-state index contributed by atoms with van der Waals surface area (Å²) in [6.07, 6.45) is 1.62. The number of nitrogens with one attached hydrogen (secondary N) is 1. The normalized spacial score (nSPS) is 14.4. The lowest BCUT2D eigenvalue weighted by Gasteiger charge is -2.27. The van der Waals surface area contributed by atoms with Crippen molar-refractivity contribution >= 4 is 5.91 Å². The van der Waals surface area contributed by atoms with Gasteiger partial charge in [0, 0.05) is 32.4 Å². The molecule has 0 bridgehead atoms. The molecule has 1 fully saturated rings. The zero-order chi connectivity index (χ0) is 16.8. The predicted octanol–water partition coefficient (Wildman–Crippen LogP) is 0.859. The van der Waals surface area contributed by atoms with Crippen molar-refractivity contribution in [2.45, 2.75) is 13.2 Å². The van der Waals surface area contributed by atoms with Crippen LogP contribution in [0.4, 0.5) is 0 Å². The number of carbonyl (C=O) groups is 1. The summed E-state index contributed by atoms with van der Waals surface area (Å²) in [4.78, 5) is 26.5. The maximum absolute atomic E-state index is 12.5. The topological polar surface area (TPSA) is 63.6 Å². The predicted molar refractivity (Wildman–Crippen MR) is 90.9 cm³/mol. The molecule has 2 aromatic rings. The molecular weight excluding hydrogens is 306 g/mol. The average molecular weight is 327 g/mol. The van der Waals surface area contributed by atoms with E-state index in [9.17, 15) is 9.59 Å². The van der Waals surface area contributed by atoms with Gasteiger partial charge in [0.25, 0.3) is 5.56 Å². The molecule has 1 saturated heterocycles. The molecule has 0 aliphatic carbocycles. The first-order valence-corrected chi connectivity index (χ1v) is 8.09. The molecule has 6 nitrogen and oxygen atoms in total. The Hall–Kier alpha value is -2.60. The van der Waals surface area contributed by atoms with Gasteiger partial charge in [0.15, 0.2) is 5.75 Å². The number of rotatable bonds is 5. The lowest BCUT2D eigenvalue weighted by molar-refractivity contribution is -0.132. The minimum Gasteiger partial charge on any atom is -0.483 e. The summed E-state index contributed by atoms with van der Waals surface area (Å²) in [6.45, 7) is 3.31. The molecule has 0 spiro atoms. The molecule has 0 saturated carbocycles. The Balaban J connectivity index is 1.66. The number of nitrogens with zero attached hydrogens (tertiary/aromatic N) is 2. The molecule has 0 radical (unpaired) electrons. The van der Waals surface area contributed by atoms with Crippen molar-refractivity contribution < 1.29 is 9.53 Å². The highest BCUT2D eigenvalue weighted by Crippen LogP contribution is 2.07. The fourth-order valence-corrected chi connectivity index (χ4v) is 2.64. The number of ether oxygens (including phenoxy) is 1. The maximum Gasteiger partial charge on any atom is 0.293 e. The zero-order valence-electron chi connectivity index (χ0n) is 13.5. The molecule has 1 aromatic heterocycles. The molecule has 2 heterocycles. The summed E-state index contributed by atoms with van der Waals surface area (Å²) in [6, 6.07) is 13.0. The van der Waals surface area contributed by atoms with Crippen molar-refractivity contribution in [3.8, 4) is 5.75 Å². The summed E-state index contributed by atoms with van der Waals surface area (Å²) < 4.78 is 7.03. The van der Waals surface area contributed by atoms with Gasteiger partial charge in [-0.05, 0) is 17.7 Å². The van der Waals surface area contributed by atoms with E-state index in [1.54, 1.807) is 23.2 Å². The van der Waals surface area contributed by atoms with Crippen LogP contribution in [0.1, 0.15) is 5.56 Å². The van der Waals surface area contributed by atoms with Crippen LogP contribution in [0.15, 0.2) is 53.5 Å². The van der Waals surface area contributed by atoms with Gasteiger partial charge in [0.1, 0.15) is 13.2 Å². The second-order valence-electron chi connectivity index (χ2n) is 5.71. The van der Waals surface area contributed by atoms with Crippen LogP contribution < -0.4 is 15.6 Å². The van der Waals surface area contributed by atoms with E-state index in [0.29, 0.717) is 19.7 Å². The van der Waals surface area contributed by atoms with Crippen molar-refractivity contribution in [3.63, 3.8) is 0 Å². The van der Waals surface area contributed by atoms with Gasteiger partial charge in [-0.3, -0.25) is 9.59 Å². The number of piperazine rings is 1. The quantitative estimate of drug-likeness (QED) is 0.885. The number of hydrogen-bond acceptors (Lipinski definition) is 4. The number of benzene rings is 1. The van der Waals surface area contributed by atoms with Crippen molar-refractivity contribution in [2.75, 3.05) is 26.2 Å². The first-order valence-electron chi connectivity index (χ1n) is 8.09. The fourth-order valence-electron chi connectivity index (χ4n) is 2.64. The largest absolute Gasteiger partial charge is 0.483 e. The van der Waals surface area contributed by atoms with Gasteiger partial charge < -0.3 is 19.5 Å². The van der Waals surface area contributed by atoms with Crippen LogP contribution in [0, 0.1) is 0 Å². The van der Waals surface area contributed by atoms with Crippen LogP contribution in [0.25, 0.3) is 0 Å². The van der Waals surface area contributed by atoms with E-state index in [4.69, 9.17) is 4.74 Å². The van der Waals surface area contributed by atoms with Gasteiger partial charge in [-0.25, -0.2) is 0 Å². The highest BCUT2D eigenvalue weighted by atomic mass is 16.5. The zero-order valence-corrected chi connectivity index (χ0v) is 13.5. The van der Waals surface area contributed by atoms with E-state index in [-0.39, 0.29) is 23.8 Å². The molecule has 0 atom stereocenters. The molecule has 1 N–H and O–H groups in total. The summed E-state index contributed by atoms with van der Waals surface area (Å²) in [5.74, 6) is 0.216. The highest BCUT2D eigenvalue weighted by molar-refractivity contribution is 5.76. The first-order chi connectivity index (χ1) is 11.7. The molecule has 1 aromatic carbocycles. The Morgan fingerprint density at radius 2 is 1.83 bits per heavy atom. The van der Waals surface area contributed by atoms with Crippen LogP contribution in [0.3, 0.4) is 0 Å². The van der Waals surface area contributed by atoms with E-state index < -0.39 is 0 Å². The molecule has 24 heavy (non-hydrogen) atoms. The van der Waals surface area contributed by atoms with Gasteiger partial charge in [0.2, 0.25) is 5.91 Å². The van der Waals surface area contributed by atoms with Gasteiger partial charge in [-0.15, -0.1) is 0 Å². The number of amides is 1. The molecule has 0 unspecified atom stereocenters. The number of carbonyl (C=O) groups excluding carboxylic acids is 1. The lowest BCUT2D eigenvalue weighted by Crippen LogP contribution is -2.48. The molecule has 1 aliphatic rings. The Bertz CT molecular complexity index is 737. The Labute approximate surface area is 140 Å². The Morgan fingerprint density at radius 1 is 1.08 bits per heavy atom. The summed E-state index contributed by atoms with van der Waals surface area (Å²) in [5, 5.41) is 3.20. The average Bonchev–Trinajstić information content (AvgIpc) is 2.64. The van der Waals surface area contributed by atoms with Crippen molar-refractivity contribution in [1.29, 1.82) is 0 Å². The lowest BCUT2D eigenvalue weighted by atomic mass is 10.2. The first kappa shape index (κ1) is 16.3. The van der Waals surface area contributed by atoms with Crippen molar-refractivity contribution in [2.24, 2.45) is 0 Å². The van der Waals surface area contributed by atoms with E-state index >= 15 is 0 Å². The minimum atomic E-state index is -0.281. The third-order valence-electron chi connectivity index (χ3n) is 4.00. The molecule has 1 aliphatic heterocycles. The molecular formula is C18H21N3O3. The van der Waals surface area contributed by atoms with Crippen molar-refractivity contribution in [3.05, 3.63) is 64.6 Å². The van der Waals surface area contributed by atoms with Crippen molar-refractivity contribution in [1.82, 2.24) is 14.8 Å². The summed E-state index contributed by atoms with van der Waals surface area (Å²) >= 11 is 0. The minimum absolute atomic E-state index is 0.0428. The Morgan fingerprint density at radius 3 is 2.58 bits per heavy atom. The number of hydrogen-bond donors (Lipinski definition) is 1. The van der Waals surface area contributed by atoms with Crippen LogP contribution in [0.5, 0.6) is 5.75 Å².